The van der Waals surface area contributed by atoms with Gasteiger partial charge >= 0.3 is 0 Å². The van der Waals surface area contributed by atoms with E-state index in [2.05, 4.69) is 9.80 Å². The number of piperazine rings is 1. The first kappa shape index (κ1) is 23.8. The van der Waals surface area contributed by atoms with Gasteiger partial charge in [-0.2, -0.15) is 9.57 Å². The second-order valence-corrected chi connectivity index (χ2v) is 12.8. The lowest BCUT2D eigenvalue weighted by atomic mass is 10.1. The second kappa shape index (κ2) is 9.71. The molecule has 1 aromatic carbocycles. The molecular weight excluding hydrogens is 492 g/mol. The molecule has 1 aliphatic carbocycles. The molecule has 3 aliphatic rings. The number of nitrogens with zero attached hydrogens (tertiary/aromatic N) is 6. The molecule has 188 valence electrons. The number of likely N-dealkylation sites (tertiary alicyclic amines) is 1. The summed E-state index contributed by atoms with van der Waals surface area (Å²) in [5.74, 6) is 1.85. The van der Waals surface area contributed by atoms with Crippen LogP contribution in [0, 0.1) is 11.3 Å². The van der Waals surface area contributed by atoms with Crippen molar-refractivity contribution in [2.45, 2.75) is 50.0 Å². The Balaban J connectivity index is 1.29. The zero-order valence-electron chi connectivity index (χ0n) is 20.3. The molecule has 8 nitrogen and oxygen atoms in total. The van der Waals surface area contributed by atoms with Gasteiger partial charge in [-0.1, -0.05) is 18.6 Å². The van der Waals surface area contributed by atoms with E-state index in [0.29, 0.717) is 26.2 Å². The number of aryl methyl sites for hydroxylation is 2. The number of hydrogen-bond donors (Lipinski definition) is 0. The van der Waals surface area contributed by atoms with Gasteiger partial charge in [0.15, 0.2) is 0 Å². The summed E-state index contributed by atoms with van der Waals surface area (Å²) in [6.45, 7) is 4.81. The van der Waals surface area contributed by atoms with Crippen LogP contribution in [0.4, 0.5) is 5.82 Å². The van der Waals surface area contributed by atoms with Crippen molar-refractivity contribution in [3.8, 4) is 6.07 Å². The maximum atomic E-state index is 13.3. The molecule has 3 aromatic rings. The van der Waals surface area contributed by atoms with Crippen molar-refractivity contribution < 1.29 is 8.42 Å². The zero-order chi connectivity index (χ0) is 24.7. The summed E-state index contributed by atoms with van der Waals surface area (Å²) in [4.78, 5) is 17.4. The van der Waals surface area contributed by atoms with E-state index >= 15 is 0 Å². The molecule has 0 spiro atoms. The van der Waals surface area contributed by atoms with E-state index in [4.69, 9.17) is 9.97 Å². The standard InChI is InChI=1S/C26H30N6O2S2/c27-17-19-7-2-3-10-22(19)36(33,34)32-15-13-31(14-16-32)25-24-20-8-6-9-21(20)35-26(24)29-23(28-25)18-30-11-4-1-5-12-30/h2-3,7,10H,1,4-6,8-9,11-16,18H2. The van der Waals surface area contributed by atoms with Crippen LogP contribution in [0.2, 0.25) is 0 Å². The molecule has 2 saturated heterocycles. The number of anilines is 1. The Morgan fingerprint density at radius 1 is 0.944 bits per heavy atom. The van der Waals surface area contributed by atoms with E-state index in [9.17, 15) is 13.7 Å². The van der Waals surface area contributed by atoms with Gasteiger partial charge in [0.25, 0.3) is 0 Å². The molecule has 0 saturated carbocycles. The Morgan fingerprint density at radius 3 is 2.50 bits per heavy atom. The van der Waals surface area contributed by atoms with Crippen molar-refractivity contribution in [3.05, 3.63) is 46.1 Å². The van der Waals surface area contributed by atoms with E-state index in [1.165, 1.54) is 51.9 Å². The van der Waals surface area contributed by atoms with Gasteiger partial charge in [0.1, 0.15) is 22.5 Å². The molecule has 0 radical (unpaired) electrons. The molecule has 0 amide bonds. The third kappa shape index (κ3) is 4.28. The summed E-state index contributed by atoms with van der Waals surface area (Å²) in [6.07, 6.45) is 7.11. The number of piperidine rings is 1. The van der Waals surface area contributed by atoms with E-state index in [1.54, 1.807) is 18.2 Å². The third-order valence-electron chi connectivity index (χ3n) is 7.57. The molecule has 6 rings (SSSR count). The summed E-state index contributed by atoms with van der Waals surface area (Å²) in [6, 6.07) is 8.46. The summed E-state index contributed by atoms with van der Waals surface area (Å²) in [5, 5.41) is 10.6. The van der Waals surface area contributed by atoms with Crippen LogP contribution in [0.15, 0.2) is 29.2 Å². The fourth-order valence-corrected chi connectivity index (χ4v) is 8.54. The predicted octanol–water partition coefficient (Wildman–Crippen LogP) is 3.55. The number of aromatic nitrogens is 2. The van der Waals surface area contributed by atoms with Crippen LogP contribution in [-0.2, 0) is 29.4 Å². The van der Waals surface area contributed by atoms with Gasteiger partial charge in [-0.3, -0.25) is 4.90 Å². The van der Waals surface area contributed by atoms with E-state index in [0.717, 1.165) is 48.9 Å². The molecule has 2 fully saturated rings. The van der Waals surface area contributed by atoms with Crippen molar-refractivity contribution in [2.24, 2.45) is 0 Å². The minimum absolute atomic E-state index is 0.0878. The van der Waals surface area contributed by atoms with Crippen LogP contribution in [-0.4, -0.2) is 66.9 Å². The zero-order valence-corrected chi connectivity index (χ0v) is 22.0. The Hall–Kier alpha value is -2.58. The smallest absolute Gasteiger partial charge is 0.244 e. The lowest BCUT2D eigenvalue weighted by Crippen LogP contribution is -2.49. The van der Waals surface area contributed by atoms with Gasteiger partial charge in [0.05, 0.1) is 22.4 Å². The number of sulfonamides is 1. The van der Waals surface area contributed by atoms with E-state index in [-0.39, 0.29) is 10.5 Å². The monoisotopic (exact) mass is 522 g/mol. The van der Waals surface area contributed by atoms with Crippen LogP contribution in [0.25, 0.3) is 10.2 Å². The van der Waals surface area contributed by atoms with Crippen LogP contribution in [0.3, 0.4) is 0 Å². The highest BCUT2D eigenvalue weighted by Gasteiger charge is 2.32. The van der Waals surface area contributed by atoms with Crippen LogP contribution in [0.1, 0.15) is 47.5 Å². The molecule has 0 unspecified atom stereocenters. The highest BCUT2D eigenvalue weighted by atomic mass is 32.2. The molecule has 2 aromatic heterocycles. The average molecular weight is 523 g/mol. The first-order valence-corrected chi connectivity index (χ1v) is 15.1. The Labute approximate surface area is 216 Å². The summed E-state index contributed by atoms with van der Waals surface area (Å²) < 4.78 is 28.2. The number of benzene rings is 1. The fraction of sp³-hybridized carbons (Fsp3) is 0.500. The Morgan fingerprint density at radius 2 is 1.72 bits per heavy atom. The minimum atomic E-state index is -3.73. The van der Waals surface area contributed by atoms with E-state index in [1.807, 2.05) is 17.4 Å². The number of thiophene rings is 1. The Bertz CT molecular complexity index is 1430. The first-order valence-electron chi connectivity index (χ1n) is 12.8. The van der Waals surface area contributed by atoms with Gasteiger partial charge in [0, 0.05) is 31.1 Å². The number of rotatable bonds is 5. The topological polar surface area (TPSA) is 93.4 Å². The lowest BCUT2D eigenvalue weighted by molar-refractivity contribution is 0.216. The number of hydrogen-bond acceptors (Lipinski definition) is 8. The van der Waals surface area contributed by atoms with Gasteiger partial charge in [-0.05, 0) is 62.9 Å². The van der Waals surface area contributed by atoms with Crippen LogP contribution < -0.4 is 4.90 Å². The van der Waals surface area contributed by atoms with Crippen molar-refractivity contribution in [1.29, 1.82) is 5.26 Å². The summed E-state index contributed by atoms with van der Waals surface area (Å²) in [5.41, 5.74) is 1.58. The molecule has 2 aliphatic heterocycles. The Kier molecular flexibility index (Phi) is 6.42. The van der Waals surface area contributed by atoms with Crippen molar-refractivity contribution in [2.75, 3.05) is 44.2 Å². The molecule has 36 heavy (non-hydrogen) atoms. The molecule has 4 heterocycles. The molecule has 0 N–H and O–H groups in total. The molecule has 10 heteroatoms. The largest absolute Gasteiger partial charge is 0.353 e. The maximum absolute atomic E-state index is 13.3. The second-order valence-electron chi connectivity index (χ2n) is 9.84. The van der Waals surface area contributed by atoms with Gasteiger partial charge in [-0.25, -0.2) is 18.4 Å². The SMILES string of the molecule is N#Cc1ccccc1S(=O)(=O)N1CCN(c2nc(CN3CCCCC3)nc3sc4c(c23)CCC4)CC1. The van der Waals surface area contributed by atoms with Crippen molar-refractivity contribution in [3.63, 3.8) is 0 Å². The highest BCUT2D eigenvalue weighted by molar-refractivity contribution is 7.89. The number of nitriles is 1. The minimum Gasteiger partial charge on any atom is -0.353 e. The average Bonchev–Trinajstić information content (AvgIpc) is 3.50. The normalized spacial score (nSPS) is 19.5. The highest BCUT2D eigenvalue weighted by Crippen LogP contribution is 2.41. The maximum Gasteiger partial charge on any atom is 0.244 e. The van der Waals surface area contributed by atoms with Crippen molar-refractivity contribution >= 4 is 37.4 Å². The summed E-state index contributed by atoms with van der Waals surface area (Å²) in [7, 11) is -3.73. The van der Waals surface area contributed by atoms with Crippen LogP contribution in [0.5, 0.6) is 0 Å². The molecule has 0 bridgehead atoms. The first-order chi connectivity index (χ1) is 17.5. The van der Waals surface area contributed by atoms with Crippen molar-refractivity contribution in [1.82, 2.24) is 19.2 Å². The van der Waals surface area contributed by atoms with Gasteiger partial charge in [-0.15, -0.1) is 11.3 Å². The quantitative estimate of drug-likeness (QED) is 0.506. The van der Waals surface area contributed by atoms with E-state index < -0.39 is 10.0 Å². The number of fused-ring (bicyclic) bond motifs is 3. The molecule has 0 atom stereocenters. The van der Waals surface area contributed by atoms with Gasteiger partial charge < -0.3 is 4.90 Å². The fourth-order valence-electron chi connectivity index (χ4n) is 5.70. The van der Waals surface area contributed by atoms with Gasteiger partial charge in [0.2, 0.25) is 10.0 Å². The van der Waals surface area contributed by atoms with Crippen LogP contribution >= 0.6 is 11.3 Å². The predicted molar refractivity (Wildman–Crippen MR) is 141 cm³/mol. The summed E-state index contributed by atoms with van der Waals surface area (Å²) >= 11 is 1.81. The third-order valence-corrected chi connectivity index (χ3v) is 10.7. The molecular formula is C26H30N6O2S2. The lowest BCUT2D eigenvalue weighted by Gasteiger charge is -2.35.